The number of aromatic nitrogens is 4. The first-order valence-electron chi connectivity index (χ1n) is 11.4. The van der Waals surface area contributed by atoms with E-state index in [1.807, 2.05) is 11.6 Å². The predicted octanol–water partition coefficient (Wildman–Crippen LogP) is 4.31. The van der Waals surface area contributed by atoms with Crippen LogP contribution in [-0.2, 0) is 24.3 Å². The van der Waals surface area contributed by atoms with Gasteiger partial charge in [-0.1, -0.05) is 19.1 Å². The van der Waals surface area contributed by atoms with Gasteiger partial charge in [0, 0.05) is 44.7 Å². The maximum Gasteiger partial charge on any atom is 0.222 e. The number of hydrogen-bond acceptors (Lipinski definition) is 3. The van der Waals surface area contributed by atoms with E-state index in [9.17, 15) is 4.79 Å². The second-order valence-corrected chi connectivity index (χ2v) is 8.38. The maximum atomic E-state index is 13.0. The van der Waals surface area contributed by atoms with E-state index in [2.05, 4.69) is 58.9 Å². The summed E-state index contributed by atoms with van der Waals surface area (Å²) >= 11 is 0. The second kappa shape index (κ2) is 9.02. The zero-order valence-corrected chi connectivity index (χ0v) is 18.5. The number of fused-ring (bicyclic) bond motifs is 1. The average molecular weight is 408 g/mol. The van der Waals surface area contributed by atoms with Crippen LogP contribution in [0, 0.1) is 6.92 Å². The molecule has 1 fully saturated rings. The van der Waals surface area contributed by atoms with Crippen molar-refractivity contribution in [3.63, 3.8) is 0 Å². The number of likely N-dealkylation sites (tertiary alicyclic amines) is 1. The Hall–Kier alpha value is -2.63. The number of piperidine rings is 1. The lowest BCUT2D eigenvalue weighted by Crippen LogP contribution is -2.39. The van der Waals surface area contributed by atoms with Crippen molar-refractivity contribution in [3.8, 4) is 0 Å². The molecule has 3 aromatic rings. The lowest BCUT2D eigenvalue weighted by molar-refractivity contribution is -0.132. The first-order chi connectivity index (χ1) is 14.6. The highest BCUT2D eigenvalue weighted by atomic mass is 16.2. The standard InChI is InChI=1S/C24H33N5O/c1-4-14-29-22-11-7-6-10-21(22)25-24(29)20-9-8-15-27(16-20)23(30)13-12-19-17-28(5-2)26-18(19)3/h6-7,10-11,17,20H,4-5,8-9,12-16H2,1-3H3. The second-order valence-electron chi connectivity index (χ2n) is 8.38. The maximum absolute atomic E-state index is 13.0. The van der Waals surface area contributed by atoms with Crippen LogP contribution in [-0.4, -0.2) is 43.2 Å². The molecule has 0 aliphatic carbocycles. The molecule has 0 radical (unpaired) electrons. The monoisotopic (exact) mass is 407 g/mol. The number of carbonyl (C=O) groups excluding carboxylic acids is 1. The van der Waals surface area contributed by atoms with E-state index in [1.165, 1.54) is 11.1 Å². The van der Waals surface area contributed by atoms with Crippen molar-refractivity contribution < 1.29 is 4.79 Å². The van der Waals surface area contributed by atoms with Gasteiger partial charge in [-0.3, -0.25) is 9.48 Å². The average Bonchev–Trinajstić information content (AvgIpc) is 3.32. The van der Waals surface area contributed by atoms with Gasteiger partial charge in [0.2, 0.25) is 5.91 Å². The zero-order valence-electron chi connectivity index (χ0n) is 18.5. The van der Waals surface area contributed by atoms with Gasteiger partial charge in [0.1, 0.15) is 5.82 Å². The van der Waals surface area contributed by atoms with Crippen molar-refractivity contribution in [2.45, 2.75) is 71.9 Å². The zero-order chi connectivity index (χ0) is 21.1. The lowest BCUT2D eigenvalue weighted by atomic mass is 9.96. The van der Waals surface area contributed by atoms with Gasteiger partial charge in [-0.25, -0.2) is 4.98 Å². The van der Waals surface area contributed by atoms with Crippen molar-refractivity contribution in [2.75, 3.05) is 13.1 Å². The SMILES string of the molecule is CCCn1c(C2CCCN(C(=O)CCc3cn(CC)nc3C)C2)nc2ccccc21. The molecule has 0 saturated carbocycles. The highest BCUT2D eigenvalue weighted by Crippen LogP contribution is 2.30. The summed E-state index contributed by atoms with van der Waals surface area (Å²) in [6, 6.07) is 8.38. The van der Waals surface area contributed by atoms with Crippen LogP contribution >= 0.6 is 0 Å². The highest BCUT2D eigenvalue weighted by Gasteiger charge is 2.28. The van der Waals surface area contributed by atoms with Gasteiger partial charge in [-0.2, -0.15) is 5.10 Å². The largest absolute Gasteiger partial charge is 0.342 e. The van der Waals surface area contributed by atoms with Crippen LogP contribution in [0.25, 0.3) is 11.0 Å². The fourth-order valence-electron chi connectivity index (χ4n) is 4.65. The van der Waals surface area contributed by atoms with Crippen LogP contribution in [0.5, 0.6) is 0 Å². The highest BCUT2D eigenvalue weighted by molar-refractivity contribution is 5.77. The number of nitrogens with zero attached hydrogens (tertiary/aromatic N) is 5. The van der Waals surface area contributed by atoms with E-state index in [-0.39, 0.29) is 5.91 Å². The number of amides is 1. The third-order valence-corrected chi connectivity index (χ3v) is 6.25. The molecule has 1 amide bonds. The molecule has 3 heterocycles. The van der Waals surface area contributed by atoms with Gasteiger partial charge in [-0.05, 0) is 57.2 Å². The molecule has 0 N–H and O–H groups in total. The van der Waals surface area contributed by atoms with Gasteiger partial charge in [0.25, 0.3) is 0 Å². The number of aryl methyl sites for hydroxylation is 4. The fourth-order valence-corrected chi connectivity index (χ4v) is 4.65. The third kappa shape index (κ3) is 4.13. The first-order valence-corrected chi connectivity index (χ1v) is 11.4. The van der Waals surface area contributed by atoms with E-state index in [1.54, 1.807) is 0 Å². The lowest BCUT2D eigenvalue weighted by Gasteiger charge is -2.33. The summed E-state index contributed by atoms with van der Waals surface area (Å²) in [4.78, 5) is 20.0. The van der Waals surface area contributed by atoms with Crippen LogP contribution in [0.1, 0.15) is 62.5 Å². The molecule has 160 valence electrons. The molecular formula is C24H33N5O. The minimum absolute atomic E-state index is 0.251. The first kappa shape index (κ1) is 20.6. The molecule has 6 nitrogen and oxygen atoms in total. The van der Waals surface area contributed by atoms with Crippen LogP contribution in [0.4, 0.5) is 0 Å². The molecular weight excluding hydrogens is 374 g/mol. The molecule has 1 atom stereocenters. The fraction of sp³-hybridized carbons (Fsp3) is 0.542. The summed E-state index contributed by atoms with van der Waals surface area (Å²) in [5, 5.41) is 4.50. The van der Waals surface area contributed by atoms with Crippen LogP contribution < -0.4 is 0 Å². The quantitative estimate of drug-likeness (QED) is 0.586. The van der Waals surface area contributed by atoms with Crippen LogP contribution in [0.2, 0.25) is 0 Å². The Bertz CT molecular complexity index is 1020. The summed E-state index contributed by atoms with van der Waals surface area (Å²) in [6.07, 6.45) is 6.61. The van der Waals surface area contributed by atoms with E-state index >= 15 is 0 Å². The molecule has 6 heteroatoms. The Morgan fingerprint density at radius 2 is 2.07 bits per heavy atom. The van der Waals surface area contributed by atoms with Gasteiger partial charge in [0.15, 0.2) is 0 Å². The third-order valence-electron chi connectivity index (χ3n) is 6.25. The predicted molar refractivity (Wildman–Crippen MR) is 120 cm³/mol. The molecule has 1 unspecified atom stereocenters. The number of benzene rings is 1. The Kier molecular flexibility index (Phi) is 6.21. The Morgan fingerprint density at radius 3 is 2.83 bits per heavy atom. The topological polar surface area (TPSA) is 56.0 Å². The van der Waals surface area contributed by atoms with Crippen LogP contribution in [0.15, 0.2) is 30.5 Å². The molecule has 4 rings (SSSR count). The molecule has 1 aliphatic rings. The molecule has 0 bridgehead atoms. The number of hydrogen-bond donors (Lipinski definition) is 0. The van der Waals surface area contributed by atoms with E-state index in [4.69, 9.17) is 4.98 Å². The molecule has 30 heavy (non-hydrogen) atoms. The minimum Gasteiger partial charge on any atom is -0.342 e. The van der Waals surface area contributed by atoms with Crippen molar-refractivity contribution >= 4 is 16.9 Å². The molecule has 1 saturated heterocycles. The molecule has 1 aromatic carbocycles. The summed E-state index contributed by atoms with van der Waals surface area (Å²) in [5.41, 5.74) is 4.49. The molecule has 1 aliphatic heterocycles. The number of rotatable bonds is 7. The number of carbonyl (C=O) groups is 1. The van der Waals surface area contributed by atoms with E-state index < -0.39 is 0 Å². The molecule has 2 aromatic heterocycles. The minimum atomic E-state index is 0.251. The van der Waals surface area contributed by atoms with E-state index in [0.29, 0.717) is 12.3 Å². The normalized spacial score (nSPS) is 17.0. The van der Waals surface area contributed by atoms with Gasteiger partial charge in [-0.15, -0.1) is 0 Å². The number of para-hydroxylation sites is 2. The van der Waals surface area contributed by atoms with E-state index in [0.717, 1.165) is 68.9 Å². The summed E-state index contributed by atoms with van der Waals surface area (Å²) in [7, 11) is 0. The van der Waals surface area contributed by atoms with Gasteiger partial charge in [0.05, 0.1) is 16.7 Å². The van der Waals surface area contributed by atoms with Crippen molar-refractivity contribution in [3.05, 3.63) is 47.5 Å². The van der Waals surface area contributed by atoms with Crippen molar-refractivity contribution in [1.82, 2.24) is 24.2 Å². The Morgan fingerprint density at radius 1 is 1.23 bits per heavy atom. The van der Waals surface area contributed by atoms with Gasteiger partial charge >= 0.3 is 0 Å². The summed E-state index contributed by atoms with van der Waals surface area (Å²) in [5.74, 6) is 1.71. The van der Waals surface area contributed by atoms with Gasteiger partial charge < -0.3 is 9.47 Å². The smallest absolute Gasteiger partial charge is 0.222 e. The Balaban J connectivity index is 1.46. The van der Waals surface area contributed by atoms with Crippen molar-refractivity contribution in [2.24, 2.45) is 0 Å². The van der Waals surface area contributed by atoms with Crippen molar-refractivity contribution in [1.29, 1.82) is 0 Å². The summed E-state index contributed by atoms with van der Waals surface area (Å²) < 4.78 is 4.32. The van der Waals surface area contributed by atoms with Crippen LogP contribution in [0.3, 0.4) is 0 Å². The Labute approximate surface area is 178 Å². The summed E-state index contributed by atoms with van der Waals surface area (Å²) in [6.45, 7) is 9.79. The molecule has 0 spiro atoms. The number of imidazole rings is 1.